The van der Waals surface area contributed by atoms with Gasteiger partial charge in [0.05, 0.1) is 12.6 Å². The molecule has 0 bridgehead atoms. The molecule has 27 heavy (non-hydrogen) atoms. The Kier molecular flexibility index (Phi) is 5.63. The summed E-state index contributed by atoms with van der Waals surface area (Å²) >= 11 is 0. The third-order valence-corrected chi connectivity index (χ3v) is 4.10. The number of hydrogen-bond donors (Lipinski definition) is 0. The van der Waals surface area contributed by atoms with Gasteiger partial charge >= 0.3 is 12.1 Å². The summed E-state index contributed by atoms with van der Waals surface area (Å²) in [7, 11) is 0. The van der Waals surface area contributed by atoms with Crippen molar-refractivity contribution in [1.29, 1.82) is 0 Å². The number of benzene rings is 1. The maximum atomic E-state index is 13.3. The van der Waals surface area contributed by atoms with E-state index < -0.39 is 12.0 Å². The Labute approximate surface area is 156 Å². The van der Waals surface area contributed by atoms with Gasteiger partial charge in [-0.05, 0) is 37.1 Å². The summed E-state index contributed by atoms with van der Waals surface area (Å²) < 4.78 is 23.6. The van der Waals surface area contributed by atoms with E-state index in [1.54, 1.807) is 24.5 Å². The third kappa shape index (κ3) is 4.58. The number of nitrogens with zero attached hydrogens (tertiary/aromatic N) is 3. The van der Waals surface area contributed by atoms with E-state index in [1.165, 1.54) is 12.1 Å². The lowest BCUT2D eigenvalue weighted by Crippen LogP contribution is -2.32. The van der Waals surface area contributed by atoms with Crippen LogP contribution in [0.4, 0.5) is 9.18 Å². The van der Waals surface area contributed by atoms with Crippen molar-refractivity contribution < 1.29 is 23.5 Å². The van der Waals surface area contributed by atoms with Gasteiger partial charge in [0.25, 0.3) is 0 Å². The quantitative estimate of drug-likeness (QED) is 0.774. The Hall–Kier alpha value is -3.03. The first kappa shape index (κ1) is 18.8. The molecule has 2 aromatic rings. The zero-order valence-corrected chi connectivity index (χ0v) is 15.1. The first-order chi connectivity index (χ1) is 12.9. The number of carbonyl (C=O) groups is 2. The summed E-state index contributed by atoms with van der Waals surface area (Å²) in [5.74, 6) is -1.17. The van der Waals surface area contributed by atoms with Crippen molar-refractivity contribution in [1.82, 2.24) is 14.9 Å². The van der Waals surface area contributed by atoms with Crippen LogP contribution in [0.2, 0.25) is 0 Å². The van der Waals surface area contributed by atoms with Crippen molar-refractivity contribution in [3.63, 3.8) is 0 Å². The van der Waals surface area contributed by atoms with Crippen LogP contribution in [0.1, 0.15) is 37.3 Å². The van der Waals surface area contributed by atoms with Gasteiger partial charge < -0.3 is 9.47 Å². The molecule has 1 atom stereocenters. The van der Waals surface area contributed by atoms with Crippen molar-refractivity contribution in [2.75, 3.05) is 13.2 Å². The Morgan fingerprint density at radius 1 is 1.22 bits per heavy atom. The van der Waals surface area contributed by atoms with Crippen LogP contribution in [0.5, 0.6) is 6.01 Å². The van der Waals surface area contributed by atoms with Crippen LogP contribution < -0.4 is 4.74 Å². The number of rotatable bonds is 6. The first-order valence-corrected chi connectivity index (χ1v) is 8.65. The zero-order chi connectivity index (χ0) is 19.4. The smallest absolute Gasteiger partial charge is 0.416 e. The molecule has 7 nitrogen and oxygen atoms in total. The van der Waals surface area contributed by atoms with Crippen LogP contribution in [-0.2, 0) is 9.53 Å². The van der Waals surface area contributed by atoms with Crippen molar-refractivity contribution in [2.45, 2.75) is 32.3 Å². The van der Waals surface area contributed by atoms with Gasteiger partial charge in [0.15, 0.2) is 0 Å². The molecule has 8 heteroatoms. The van der Waals surface area contributed by atoms with Gasteiger partial charge in [0.2, 0.25) is 5.91 Å². The van der Waals surface area contributed by atoms with Crippen LogP contribution >= 0.6 is 0 Å². The number of halogens is 1. The van der Waals surface area contributed by atoms with Crippen LogP contribution in [-0.4, -0.2) is 46.1 Å². The van der Waals surface area contributed by atoms with Crippen molar-refractivity contribution in [3.05, 3.63) is 53.6 Å². The Balaban J connectivity index is 1.86. The molecule has 1 saturated heterocycles. The molecule has 2 heterocycles. The molecule has 1 aliphatic rings. The molecule has 0 spiro atoms. The fourth-order valence-corrected chi connectivity index (χ4v) is 2.81. The monoisotopic (exact) mass is 373 g/mol. The normalized spacial score (nSPS) is 15.0. The fourth-order valence-electron chi connectivity index (χ4n) is 2.81. The molecule has 1 unspecified atom stereocenters. The minimum Gasteiger partial charge on any atom is -0.461 e. The van der Waals surface area contributed by atoms with E-state index in [2.05, 4.69) is 9.97 Å². The van der Waals surface area contributed by atoms with E-state index in [0.717, 1.165) is 10.5 Å². The maximum absolute atomic E-state index is 13.3. The second kappa shape index (κ2) is 8.11. The summed E-state index contributed by atoms with van der Waals surface area (Å²) in [4.78, 5) is 33.7. The molecule has 142 valence electrons. The molecule has 2 amide bonds. The van der Waals surface area contributed by atoms with Gasteiger partial charge in [-0.15, -0.1) is 0 Å². The molecule has 1 aromatic heterocycles. The Bertz CT molecular complexity index is 809. The van der Waals surface area contributed by atoms with Gasteiger partial charge in [0, 0.05) is 24.7 Å². The minimum atomic E-state index is -0.644. The highest BCUT2D eigenvalue weighted by molar-refractivity contribution is 5.93. The highest BCUT2D eigenvalue weighted by Crippen LogP contribution is 2.29. The number of aromatic nitrogens is 2. The molecule has 1 aromatic carbocycles. The van der Waals surface area contributed by atoms with Crippen LogP contribution in [0.3, 0.4) is 0 Å². The van der Waals surface area contributed by atoms with E-state index in [4.69, 9.17) is 9.47 Å². The second-order valence-corrected chi connectivity index (χ2v) is 6.43. The summed E-state index contributed by atoms with van der Waals surface area (Å²) in [6.45, 7) is 4.15. The standard InChI is InChI=1S/C19H20FN3O4/c1-12(2)27-18-21-10-14(11-22-18)16(13-3-5-15(20)6-4-13)9-17(24)23-7-8-26-19(23)25/h3-6,10-12,16H,7-9H2,1-2H3. The summed E-state index contributed by atoms with van der Waals surface area (Å²) in [5.41, 5.74) is 1.39. The Morgan fingerprint density at radius 3 is 2.44 bits per heavy atom. The number of cyclic esters (lactones) is 1. The van der Waals surface area contributed by atoms with Crippen molar-refractivity contribution in [2.24, 2.45) is 0 Å². The van der Waals surface area contributed by atoms with Gasteiger partial charge in [-0.3, -0.25) is 4.79 Å². The molecular formula is C19H20FN3O4. The third-order valence-electron chi connectivity index (χ3n) is 4.10. The first-order valence-electron chi connectivity index (χ1n) is 8.65. The number of hydrogen-bond acceptors (Lipinski definition) is 6. The molecule has 3 rings (SSSR count). The number of amides is 2. The van der Waals surface area contributed by atoms with Crippen LogP contribution in [0, 0.1) is 5.82 Å². The SMILES string of the molecule is CC(C)Oc1ncc(C(CC(=O)N2CCOC2=O)c2ccc(F)cc2)cn1. The van der Waals surface area contributed by atoms with Gasteiger partial charge in [0.1, 0.15) is 12.4 Å². The average Bonchev–Trinajstić information content (AvgIpc) is 3.07. The number of carbonyl (C=O) groups excluding carboxylic acids is 2. The number of imide groups is 1. The molecule has 0 aliphatic carbocycles. The highest BCUT2D eigenvalue weighted by atomic mass is 19.1. The highest BCUT2D eigenvalue weighted by Gasteiger charge is 2.31. The lowest BCUT2D eigenvalue weighted by molar-refractivity contribution is -0.127. The van der Waals surface area contributed by atoms with E-state index in [9.17, 15) is 14.0 Å². The van der Waals surface area contributed by atoms with Gasteiger partial charge in [-0.25, -0.2) is 24.1 Å². The van der Waals surface area contributed by atoms with E-state index in [0.29, 0.717) is 5.56 Å². The second-order valence-electron chi connectivity index (χ2n) is 6.43. The topological polar surface area (TPSA) is 81.6 Å². The van der Waals surface area contributed by atoms with Gasteiger partial charge in [-0.1, -0.05) is 12.1 Å². The maximum Gasteiger partial charge on any atom is 0.416 e. The zero-order valence-electron chi connectivity index (χ0n) is 15.1. The molecule has 0 saturated carbocycles. The van der Waals surface area contributed by atoms with Crippen molar-refractivity contribution >= 4 is 12.0 Å². The summed E-state index contributed by atoms with van der Waals surface area (Å²) in [6, 6.07) is 6.10. The van der Waals surface area contributed by atoms with Crippen molar-refractivity contribution in [3.8, 4) is 6.01 Å². The van der Waals surface area contributed by atoms with E-state index in [-0.39, 0.29) is 43.4 Å². The van der Waals surface area contributed by atoms with Crippen LogP contribution in [0.15, 0.2) is 36.7 Å². The average molecular weight is 373 g/mol. The summed E-state index contributed by atoms with van der Waals surface area (Å²) in [6.07, 6.45) is 2.46. The lowest BCUT2D eigenvalue weighted by Gasteiger charge is -2.19. The molecule has 0 N–H and O–H groups in total. The van der Waals surface area contributed by atoms with Gasteiger partial charge in [-0.2, -0.15) is 0 Å². The fraction of sp³-hybridized carbons (Fsp3) is 0.368. The molecule has 1 fully saturated rings. The van der Waals surface area contributed by atoms with Crippen LogP contribution in [0.25, 0.3) is 0 Å². The largest absolute Gasteiger partial charge is 0.461 e. The molecular weight excluding hydrogens is 353 g/mol. The molecule has 1 aliphatic heterocycles. The summed E-state index contributed by atoms with van der Waals surface area (Å²) in [5, 5.41) is 0. The Morgan fingerprint density at radius 2 is 1.89 bits per heavy atom. The predicted molar refractivity (Wildman–Crippen MR) is 93.7 cm³/mol. The number of ether oxygens (including phenoxy) is 2. The van der Waals surface area contributed by atoms with E-state index >= 15 is 0 Å². The molecule has 0 radical (unpaired) electrons. The predicted octanol–water partition coefficient (Wildman–Crippen LogP) is 2.90. The minimum absolute atomic E-state index is 0.00841. The lowest BCUT2D eigenvalue weighted by atomic mass is 9.89. The van der Waals surface area contributed by atoms with E-state index in [1.807, 2.05) is 13.8 Å².